The molecule has 0 fully saturated rings. The maximum atomic E-state index is 10.9. The number of carbonyl (C=O) groups is 1. The average molecular weight is 288 g/mol. The van der Waals surface area contributed by atoms with Crippen molar-refractivity contribution in [3.8, 4) is 0 Å². The number of hydrogen-bond donors (Lipinski definition) is 2. The molecule has 0 spiro atoms. The molecule has 0 unspecified atom stereocenters. The topological polar surface area (TPSA) is 75.4 Å². The van der Waals surface area contributed by atoms with Crippen LogP contribution in [0.2, 0.25) is 0 Å². The summed E-state index contributed by atoms with van der Waals surface area (Å²) in [6.07, 6.45) is 0. The van der Waals surface area contributed by atoms with E-state index < -0.39 is 5.97 Å². The Bertz CT molecular complexity index is 776. The zero-order valence-electron chi connectivity index (χ0n) is 10.7. The van der Waals surface area contributed by atoms with Crippen molar-refractivity contribution < 1.29 is 14.3 Å². The first-order valence-electron chi connectivity index (χ1n) is 6.03. The fourth-order valence-corrected chi connectivity index (χ4v) is 2.71. The van der Waals surface area contributed by atoms with E-state index >= 15 is 0 Å². The van der Waals surface area contributed by atoms with Crippen LogP contribution in [-0.4, -0.2) is 16.1 Å². The molecule has 0 aliphatic rings. The van der Waals surface area contributed by atoms with Gasteiger partial charge in [0.2, 0.25) is 0 Å². The molecule has 0 aliphatic heterocycles. The summed E-state index contributed by atoms with van der Waals surface area (Å²) in [4.78, 5) is 15.2. The highest BCUT2D eigenvalue weighted by atomic mass is 32.1. The number of thiazole rings is 1. The number of aryl methyl sites for hydroxylation is 1. The standard InChI is InChI=1S/C14H12N2O3S/c1-8-11(14(17)18)5-10(19-8)6-15-9-2-3-12-13(4-9)20-7-16-12/h2-5,7,15H,6H2,1H3,(H,17,18). The van der Waals surface area contributed by atoms with E-state index in [1.54, 1.807) is 24.3 Å². The minimum absolute atomic E-state index is 0.208. The molecule has 0 radical (unpaired) electrons. The number of hydrogen-bond acceptors (Lipinski definition) is 5. The first kappa shape index (κ1) is 12.7. The lowest BCUT2D eigenvalue weighted by Gasteiger charge is -2.03. The monoisotopic (exact) mass is 288 g/mol. The molecule has 0 saturated carbocycles. The van der Waals surface area contributed by atoms with Gasteiger partial charge in [-0.2, -0.15) is 0 Å². The highest BCUT2D eigenvalue weighted by molar-refractivity contribution is 7.16. The van der Waals surface area contributed by atoms with Gasteiger partial charge >= 0.3 is 5.97 Å². The number of carboxylic acids is 1. The van der Waals surface area contributed by atoms with Crippen molar-refractivity contribution >= 4 is 33.2 Å². The third kappa shape index (κ3) is 2.37. The lowest BCUT2D eigenvalue weighted by molar-refractivity contribution is 0.0695. The normalized spacial score (nSPS) is 10.8. The summed E-state index contributed by atoms with van der Waals surface area (Å²) < 4.78 is 6.53. The SMILES string of the molecule is Cc1oc(CNc2ccc3ncsc3c2)cc1C(=O)O. The Labute approximate surface area is 118 Å². The largest absolute Gasteiger partial charge is 0.478 e. The van der Waals surface area contributed by atoms with Crippen molar-refractivity contribution in [1.82, 2.24) is 4.98 Å². The predicted octanol–water partition coefficient (Wildman–Crippen LogP) is 3.51. The predicted molar refractivity (Wildman–Crippen MR) is 77.4 cm³/mol. The first-order valence-corrected chi connectivity index (χ1v) is 6.91. The molecule has 3 aromatic rings. The Morgan fingerprint density at radius 2 is 2.30 bits per heavy atom. The molecule has 2 N–H and O–H groups in total. The summed E-state index contributed by atoms with van der Waals surface area (Å²) in [7, 11) is 0. The van der Waals surface area contributed by atoms with E-state index in [1.807, 2.05) is 23.7 Å². The molecule has 20 heavy (non-hydrogen) atoms. The van der Waals surface area contributed by atoms with Crippen LogP contribution in [0, 0.1) is 6.92 Å². The maximum absolute atomic E-state index is 10.9. The quantitative estimate of drug-likeness (QED) is 0.768. The van der Waals surface area contributed by atoms with Gasteiger partial charge in [0, 0.05) is 5.69 Å². The van der Waals surface area contributed by atoms with E-state index in [9.17, 15) is 4.79 Å². The molecule has 0 amide bonds. The average Bonchev–Trinajstić information content (AvgIpc) is 3.01. The van der Waals surface area contributed by atoms with Crippen LogP contribution in [0.1, 0.15) is 21.9 Å². The molecule has 6 heteroatoms. The van der Waals surface area contributed by atoms with Gasteiger partial charge in [-0.15, -0.1) is 11.3 Å². The van der Waals surface area contributed by atoms with E-state index in [2.05, 4.69) is 10.3 Å². The Morgan fingerprint density at radius 1 is 1.45 bits per heavy atom. The van der Waals surface area contributed by atoms with Crippen molar-refractivity contribution in [3.05, 3.63) is 46.9 Å². The van der Waals surface area contributed by atoms with E-state index in [0.29, 0.717) is 18.1 Å². The summed E-state index contributed by atoms with van der Waals surface area (Å²) in [5.74, 6) is 0.0556. The first-order chi connectivity index (χ1) is 9.63. The third-order valence-electron chi connectivity index (χ3n) is 3.00. The van der Waals surface area contributed by atoms with Crippen molar-refractivity contribution in [3.63, 3.8) is 0 Å². The van der Waals surface area contributed by atoms with E-state index in [1.165, 1.54) is 0 Å². The lowest BCUT2D eigenvalue weighted by Crippen LogP contribution is -1.98. The highest BCUT2D eigenvalue weighted by Gasteiger charge is 2.13. The molecule has 0 saturated heterocycles. The minimum Gasteiger partial charge on any atom is -0.478 e. The number of nitrogens with one attached hydrogen (secondary N) is 1. The van der Waals surface area contributed by atoms with Gasteiger partial charge in [-0.05, 0) is 31.2 Å². The second kappa shape index (κ2) is 4.97. The number of fused-ring (bicyclic) bond motifs is 1. The number of furan rings is 1. The van der Waals surface area contributed by atoms with Crippen molar-refractivity contribution in [2.24, 2.45) is 0 Å². The Hall–Kier alpha value is -2.34. The zero-order valence-corrected chi connectivity index (χ0v) is 11.5. The summed E-state index contributed by atoms with van der Waals surface area (Å²) in [6.45, 7) is 2.09. The summed E-state index contributed by atoms with van der Waals surface area (Å²) in [6, 6.07) is 7.46. The number of anilines is 1. The van der Waals surface area contributed by atoms with E-state index in [4.69, 9.17) is 9.52 Å². The molecule has 0 atom stereocenters. The van der Waals surface area contributed by atoms with E-state index in [-0.39, 0.29) is 5.56 Å². The molecule has 1 aromatic carbocycles. The highest BCUT2D eigenvalue weighted by Crippen LogP contribution is 2.22. The number of aromatic nitrogens is 1. The van der Waals surface area contributed by atoms with Crippen LogP contribution in [0.15, 0.2) is 34.2 Å². The Morgan fingerprint density at radius 3 is 3.05 bits per heavy atom. The van der Waals surface area contributed by atoms with Crippen molar-refractivity contribution in [2.75, 3.05) is 5.32 Å². The molecular formula is C14H12N2O3S. The van der Waals surface area contributed by atoms with Gasteiger partial charge in [0.25, 0.3) is 0 Å². The molecule has 3 rings (SSSR count). The summed E-state index contributed by atoms with van der Waals surface area (Å²) >= 11 is 1.58. The third-order valence-corrected chi connectivity index (χ3v) is 3.79. The van der Waals surface area contributed by atoms with Gasteiger partial charge in [-0.1, -0.05) is 0 Å². The summed E-state index contributed by atoms with van der Waals surface area (Å²) in [5, 5.41) is 12.2. The molecule has 0 bridgehead atoms. The van der Waals surface area contributed by atoms with Crippen LogP contribution >= 0.6 is 11.3 Å². The Kier molecular flexibility index (Phi) is 3.15. The van der Waals surface area contributed by atoms with E-state index in [0.717, 1.165) is 15.9 Å². The number of carboxylic acid groups (broad SMARTS) is 1. The van der Waals surface area contributed by atoms with Gasteiger partial charge in [0.05, 0.1) is 22.3 Å². The molecule has 102 valence electrons. The second-order valence-corrected chi connectivity index (χ2v) is 5.26. The number of rotatable bonds is 4. The second-order valence-electron chi connectivity index (χ2n) is 4.38. The van der Waals surface area contributed by atoms with Crippen molar-refractivity contribution in [2.45, 2.75) is 13.5 Å². The Balaban J connectivity index is 1.75. The molecular weight excluding hydrogens is 276 g/mol. The van der Waals surface area contributed by atoms with Crippen LogP contribution in [0.5, 0.6) is 0 Å². The van der Waals surface area contributed by atoms with Gasteiger partial charge in [-0.25, -0.2) is 9.78 Å². The smallest absolute Gasteiger partial charge is 0.339 e. The fourth-order valence-electron chi connectivity index (χ4n) is 2.00. The lowest BCUT2D eigenvalue weighted by atomic mass is 10.2. The zero-order chi connectivity index (χ0) is 14.1. The molecule has 5 nitrogen and oxygen atoms in total. The summed E-state index contributed by atoms with van der Waals surface area (Å²) in [5.41, 5.74) is 3.94. The van der Waals surface area contributed by atoms with Crippen LogP contribution < -0.4 is 5.32 Å². The number of aromatic carboxylic acids is 1. The fraction of sp³-hybridized carbons (Fsp3) is 0.143. The van der Waals surface area contributed by atoms with Crippen LogP contribution in [0.4, 0.5) is 5.69 Å². The van der Waals surface area contributed by atoms with Gasteiger partial charge < -0.3 is 14.8 Å². The molecule has 0 aliphatic carbocycles. The van der Waals surface area contributed by atoms with Crippen LogP contribution in [-0.2, 0) is 6.54 Å². The molecule has 2 heterocycles. The van der Waals surface area contributed by atoms with Crippen molar-refractivity contribution in [1.29, 1.82) is 0 Å². The number of benzene rings is 1. The van der Waals surface area contributed by atoms with Gasteiger partial charge in [-0.3, -0.25) is 0 Å². The van der Waals surface area contributed by atoms with Gasteiger partial charge in [0.15, 0.2) is 0 Å². The maximum Gasteiger partial charge on any atom is 0.339 e. The minimum atomic E-state index is -0.969. The van der Waals surface area contributed by atoms with Gasteiger partial charge in [0.1, 0.15) is 17.1 Å². The van der Waals surface area contributed by atoms with Crippen LogP contribution in [0.25, 0.3) is 10.2 Å². The molecule has 2 aromatic heterocycles. The number of nitrogens with zero attached hydrogens (tertiary/aromatic N) is 1. The van der Waals surface area contributed by atoms with Crippen LogP contribution in [0.3, 0.4) is 0 Å².